The number of rotatable bonds is 7. The van der Waals surface area contributed by atoms with E-state index in [4.69, 9.17) is 9.84 Å². The van der Waals surface area contributed by atoms with Crippen LogP contribution in [0.3, 0.4) is 0 Å². The molecule has 3 aromatic carbocycles. The molecule has 0 aromatic heterocycles. The molecule has 160 valence electrons. The lowest BCUT2D eigenvalue weighted by Crippen LogP contribution is -2.53. The molecule has 4 rings (SSSR count). The van der Waals surface area contributed by atoms with Crippen LogP contribution in [0.1, 0.15) is 23.2 Å². The number of ether oxygens (including phenoxy) is 1. The maximum absolute atomic E-state index is 13.2. The van der Waals surface area contributed by atoms with E-state index >= 15 is 0 Å². The second-order valence-corrected chi connectivity index (χ2v) is 7.67. The number of carbonyl (C=O) groups is 2. The molecule has 6 nitrogen and oxygen atoms in total. The second kappa shape index (κ2) is 9.62. The lowest BCUT2D eigenvalue weighted by molar-refractivity contribution is -0.138. The van der Waals surface area contributed by atoms with E-state index in [-0.39, 0.29) is 18.6 Å². The molecular weight excluding hydrogens is 392 g/mol. The lowest BCUT2D eigenvalue weighted by Gasteiger charge is -2.39. The van der Waals surface area contributed by atoms with Gasteiger partial charge in [-0.15, -0.1) is 0 Å². The molecule has 0 bridgehead atoms. The summed E-state index contributed by atoms with van der Waals surface area (Å²) in [5, 5.41) is 11.1. The first kappa shape index (κ1) is 20.9. The van der Waals surface area contributed by atoms with Crippen molar-refractivity contribution in [2.75, 3.05) is 26.2 Å². The average molecular weight is 418 g/mol. The maximum atomic E-state index is 13.2. The number of para-hydroxylation sites is 1. The minimum atomic E-state index is -0.841. The van der Waals surface area contributed by atoms with Crippen molar-refractivity contribution >= 4 is 22.6 Å². The number of hydrogen-bond acceptors (Lipinski definition) is 4. The van der Waals surface area contributed by atoms with E-state index in [1.54, 1.807) is 0 Å². The smallest absolute Gasteiger partial charge is 0.303 e. The van der Waals surface area contributed by atoms with Gasteiger partial charge in [0.2, 0.25) is 0 Å². The van der Waals surface area contributed by atoms with Crippen molar-refractivity contribution in [3.8, 4) is 5.75 Å². The molecule has 0 radical (unpaired) electrons. The third-order valence-corrected chi connectivity index (χ3v) is 5.65. The van der Waals surface area contributed by atoms with Crippen molar-refractivity contribution in [3.63, 3.8) is 0 Å². The lowest BCUT2D eigenvalue weighted by atomic mass is 10.0. The first-order valence-electron chi connectivity index (χ1n) is 10.6. The number of benzene rings is 3. The highest BCUT2D eigenvalue weighted by atomic mass is 16.5. The number of hydrogen-bond donors (Lipinski definition) is 1. The van der Waals surface area contributed by atoms with Crippen LogP contribution in [0.25, 0.3) is 10.8 Å². The fraction of sp³-hybridized carbons (Fsp3) is 0.280. The Morgan fingerprint density at radius 1 is 0.871 bits per heavy atom. The molecule has 3 aromatic rings. The number of carbonyl (C=O) groups excluding carboxylic acids is 1. The van der Waals surface area contributed by atoms with E-state index in [0.717, 1.165) is 16.3 Å². The van der Waals surface area contributed by atoms with Crippen LogP contribution in [0.15, 0.2) is 72.8 Å². The van der Waals surface area contributed by atoms with Gasteiger partial charge in [0.1, 0.15) is 5.75 Å². The van der Waals surface area contributed by atoms with Crippen LogP contribution in [-0.4, -0.2) is 59.2 Å². The number of fused-ring (bicyclic) bond motifs is 1. The minimum Gasteiger partial charge on any atom is -0.481 e. The highest BCUT2D eigenvalue weighted by Crippen LogP contribution is 2.22. The molecule has 1 atom stereocenters. The van der Waals surface area contributed by atoms with Gasteiger partial charge in [-0.1, -0.05) is 54.6 Å². The van der Waals surface area contributed by atoms with Crippen molar-refractivity contribution in [2.45, 2.75) is 19.1 Å². The Labute approximate surface area is 181 Å². The Bertz CT molecular complexity index is 1040. The summed E-state index contributed by atoms with van der Waals surface area (Å²) >= 11 is 0. The van der Waals surface area contributed by atoms with Crippen LogP contribution in [0, 0.1) is 0 Å². The highest BCUT2D eigenvalue weighted by molar-refractivity contribution is 6.07. The van der Waals surface area contributed by atoms with Crippen LogP contribution in [0.5, 0.6) is 5.75 Å². The Hall–Kier alpha value is -3.38. The first-order valence-corrected chi connectivity index (χ1v) is 10.6. The van der Waals surface area contributed by atoms with Gasteiger partial charge in [-0.25, -0.2) is 0 Å². The van der Waals surface area contributed by atoms with Crippen LogP contribution in [0.4, 0.5) is 0 Å². The predicted molar refractivity (Wildman–Crippen MR) is 119 cm³/mol. The zero-order chi connectivity index (χ0) is 21.6. The molecule has 1 amide bonds. The minimum absolute atomic E-state index is 0.0301. The normalized spacial score (nSPS) is 15.5. The second-order valence-electron chi connectivity index (χ2n) is 7.67. The largest absolute Gasteiger partial charge is 0.481 e. The van der Waals surface area contributed by atoms with E-state index in [0.29, 0.717) is 38.3 Å². The van der Waals surface area contributed by atoms with Crippen molar-refractivity contribution in [1.29, 1.82) is 0 Å². The molecule has 1 N–H and O–H groups in total. The van der Waals surface area contributed by atoms with Crippen molar-refractivity contribution in [1.82, 2.24) is 9.80 Å². The van der Waals surface area contributed by atoms with Crippen LogP contribution in [-0.2, 0) is 4.79 Å². The summed E-state index contributed by atoms with van der Waals surface area (Å²) in [4.78, 5) is 28.3. The fourth-order valence-corrected chi connectivity index (χ4v) is 4.01. The van der Waals surface area contributed by atoms with Gasteiger partial charge < -0.3 is 14.7 Å². The number of nitrogens with zero attached hydrogens (tertiary/aromatic N) is 2. The van der Waals surface area contributed by atoms with E-state index in [1.165, 1.54) is 0 Å². The van der Waals surface area contributed by atoms with E-state index in [9.17, 15) is 9.59 Å². The molecular formula is C25H26N2O4. The van der Waals surface area contributed by atoms with Gasteiger partial charge in [-0.2, -0.15) is 0 Å². The number of amides is 1. The van der Waals surface area contributed by atoms with E-state index in [1.807, 2.05) is 77.7 Å². The fourth-order valence-electron chi connectivity index (χ4n) is 4.01. The van der Waals surface area contributed by atoms with Crippen molar-refractivity contribution in [3.05, 3.63) is 78.4 Å². The average Bonchev–Trinajstić information content (AvgIpc) is 2.81. The Balaban J connectivity index is 1.44. The number of carboxylic acid groups (broad SMARTS) is 1. The number of aliphatic carboxylic acids is 1. The molecule has 1 saturated heterocycles. The summed E-state index contributed by atoms with van der Waals surface area (Å²) in [5.41, 5.74) is 0.717. The molecule has 1 fully saturated rings. The molecule has 0 spiro atoms. The standard InChI is InChI=1S/C25H26N2O4/c28-24(29)14-13-23(31-20-9-2-1-3-10-20)26-15-17-27(18-16-26)25(30)22-12-6-8-19-7-4-5-11-21(19)22/h1-12,23H,13-18H2,(H,28,29). The van der Waals surface area contributed by atoms with Gasteiger partial charge >= 0.3 is 5.97 Å². The summed E-state index contributed by atoms with van der Waals surface area (Å²) in [7, 11) is 0. The number of carboxylic acids is 1. The monoisotopic (exact) mass is 418 g/mol. The molecule has 0 saturated carbocycles. The molecule has 1 aliphatic rings. The summed E-state index contributed by atoms with van der Waals surface area (Å²) in [6.45, 7) is 2.41. The van der Waals surface area contributed by atoms with Gasteiger partial charge in [0.25, 0.3) is 5.91 Å². The van der Waals surface area contributed by atoms with Crippen LogP contribution >= 0.6 is 0 Å². The van der Waals surface area contributed by atoms with Gasteiger partial charge in [0.05, 0.1) is 6.42 Å². The SMILES string of the molecule is O=C(O)CCC(Oc1ccccc1)N1CCN(C(=O)c2cccc3ccccc23)CC1. The number of piperazine rings is 1. The van der Waals surface area contributed by atoms with Crippen molar-refractivity contribution in [2.24, 2.45) is 0 Å². The van der Waals surface area contributed by atoms with Crippen molar-refractivity contribution < 1.29 is 19.4 Å². The van der Waals surface area contributed by atoms with E-state index in [2.05, 4.69) is 4.90 Å². The Morgan fingerprint density at radius 2 is 1.55 bits per heavy atom. The van der Waals surface area contributed by atoms with Crippen LogP contribution in [0.2, 0.25) is 0 Å². The quantitative estimate of drug-likeness (QED) is 0.631. The molecule has 1 heterocycles. The molecule has 0 aliphatic carbocycles. The predicted octanol–water partition coefficient (Wildman–Crippen LogP) is 3.87. The third-order valence-electron chi connectivity index (χ3n) is 5.65. The summed E-state index contributed by atoms with van der Waals surface area (Å²) in [6.07, 6.45) is 0.0852. The molecule has 6 heteroatoms. The van der Waals surface area contributed by atoms with Gasteiger partial charge in [-0.3, -0.25) is 14.5 Å². The zero-order valence-electron chi connectivity index (χ0n) is 17.3. The molecule has 1 unspecified atom stereocenters. The van der Waals surface area contributed by atoms with Gasteiger partial charge in [0, 0.05) is 38.2 Å². The third kappa shape index (κ3) is 5.03. The Kier molecular flexibility index (Phi) is 6.48. The topological polar surface area (TPSA) is 70.1 Å². The van der Waals surface area contributed by atoms with Gasteiger partial charge in [0.15, 0.2) is 6.23 Å². The summed E-state index contributed by atoms with van der Waals surface area (Å²) < 4.78 is 6.10. The first-order chi connectivity index (χ1) is 15.1. The highest BCUT2D eigenvalue weighted by Gasteiger charge is 2.28. The summed E-state index contributed by atoms with van der Waals surface area (Å²) in [5.74, 6) is -0.0962. The Morgan fingerprint density at radius 3 is 2.29 bits per heavy atom. The molecule has 1 aliphatic heterocycles. The van der Waals surface area contributed by atoms with Gasteiger partial charge in [-0.05, 0) is 29.0 Å². The zero-order valence-corrected chi connectivity index (χ0v) is 17.3. The van der Waals surface area contributed by atoms with Crippen LogP contribution < -0.4 is 4.74 Å². The summed E-state index contributed by atoms with van der Waals surface area (Å²) in [6, 6.07) is 23.2. The van der Waals surface area contributed by atoms with E-state index < -0.39 is 5.97 Å². The maximum Gasteiger partial charge on any atom is 0.303 e. The molecule has 31 heavy (non-hydrogen) atoms.